The Morgan fingerprint density at radius 2 is 2.17 bits per heavy atom. The van der Waals surface area contributed by atoms with Crippen LogP contribution >= 0.6 is 0 Å². The highest BCUT2D eigenvalue weighted by Gasteiger charge is 2.39. The predicted octanol–water partition coefficient (Wildman–Crippen LogP) is 2.17. The zero-order chi connectivity index (χ0) is 17.1. The van der Waals surface area contributed by atoms with E-state index >= 15 is 0 Å². The van der Waals surface area contributed by atoms with Gasteiger partial charge in [-0.05, 0) is 38.8 Å². The number of hydrogen-bond donors (Lipinski definition) is 1. The lowest BCUT2D eigenvalue weighted by Crippen LogP contribution is -2.26. The number of cyclic esters (lactones) is 1. The Kier molecular flexibility index (Phi) is 3.22. The van der Waals surface area contributed by atoms with Crippen LogP contribution in [0.15, 0.2) is 23.1 Å². The number of carbonyl (C=O) groups excluding carboxylic acids is 1. The largest absolute Gasteiger partial charge is 0.451 e. The first-order valence-corrected chi connectivity index (χ1v) is 8.19. The summed E-state index contributed by atoms with van der Waals surface area (Å²) < 4.78 is 12.7. The smallest absolute Gasteiger partial charge is 0.340 e. The van der Waals surface area contributed by atoms with Crippen LogP contribution in [0.25, 0.3) is 10.8 Å². The number of nitrogens with two attached hydrogens (primary N) is 1. The SMILES string of the molecule is CC1(C)OC(=O)c2c1cc(N)c1c(=O)n(CC3CCCO3)ccc21. The lowest BCUT2D eigenvalue weighted by Gasteiger charge is -2.18. The molecule has 1 fully saturated rings. The molecule has 2 N–H and O–H groups in total. The molecule has 1 atom stereocenters. The van der Waals surface area contributed by atoms with Gasteiger partial charge >= 0.3 is 5.97 Å². The van der Waals surface area contributed by atoms with E-state index in [1.54, 1.807) is 22.9 Å². The first-order chi connectivity index (χ1) is 11.4. The van der Waals surface area contributed by atoms with Crippen molar-refractivity contribution in [1.82, 2.24) is 4.57 Å². The minimum Gasteiger partial charge on any atom is -0.451 e. The summed E-state index contributed by atoms with van der Waals surface area (Å²) in [5.41, 5.74) is 6.79. The number of carbonyl (C=O) groups is 1. The molecule has 1 aromatic heterocycles. The lowest BCUT2D eigenvalue weighted by molar-refractivity contribution is 0.00962. The summed E-state index contributed by atoms with van der Waals surface area (Å²) in [7, 11) is 0. The molecule has 3 heterocycles. The first kappa shape index (κ1) is 15.2. The molecule has 0 amide bonds. The van der Waals surface area contributed by atoms with Crippen LogP contribution < -0.4 is 11.3 Å². The number of rotatable bonds is 2. The summed E-state index contributed by atoms with van der Waals surface area (Å²) in [6.45, 7) is 4.88. The van der Waals surface area contributed by atoms with Gasteiger partial charge in [0.15, 0.2) is 0 Å². The second-order valence-electron chi connectivity index (χ2n) is 6.99. The van der Waals surface area contributed by atoms with Crippen molar-refractivity contribution in [1.29, 1.82) is 0 Å². The molecule has 126 valence electrons. The highest BCUT2D eigenvalue weighted by molar-refractivity contribution is 6.11. The summed E-state index contributed by atoms with van der Waals surface area (Å²) in [6.07, 6.45) is 3.73. The van der Waals surface area contributed by atoms with Crippen LogP contribution in [0.3, 0.4) is 0 Å². The molecule has 6 heteroatoms. The van der Waals surface area contributed by atoms with Crippen molar-refractivity contribution in [2.24, 2.45) is 0 Å². The van der Waals surface area contributed by atoms with Crippen LogP contribution in [0, 0.1) is 0 Å². The van der Waals surface area contributed by atoms with Gasteiger partial charge in [0.25, 0.3) is 5.56 Å². The molecule has 4 rings (SSSR count). The third-order valence-electron chi connectivity index (χ3n) is 4.92. The fourth-order valence-corrected chi connectivity index (χ4v) is 3.69. The van der Waals surface area contributed by atoms with E-state index in [2.05, 4.69) is 0 Å². The highest BCUT2D eigenvalue weighted by atomic mass is 16.6. The van der Waals surface area contributed by atoms with E-state index in [0.29, 0.717) is 28.6 Å². The van der Waals surface area contributed by atoms with E-state index in [1.165, 1.54) is 0 Å². The lowest BCUT2D eigenvalue weighted by atomic mass is 9.91. The predicted molar refractivity (Wildman–Crippen MR) is 90.0 cm³/mol. The van der Waals surface area contributed by atoms with Gasteiger partial charge in [0.05, 0.1) is 23.6 Å². The van der Waals surface area contributed by atoms with E-state index in [1.807, 2.05) is 13.8 Å². The van der Waals surface area contributed by atoms with Crippen LogP contribution in [0.5, 0.6) is 0 Å². The van der Waals surface area contributed by atoms with Gasteiger partial charge in [-0.3, -0.25) is 4.79 Å². The summed E-state index contributed by atoms with van der Waals surface area (Å²) in [4.78, 5) is 25.2. The molecule has 0 bridgehead atoms. The maximum Gasteiger partial charge on any atom is 0.340 e. The molecular weight excluding hydrogens is 308 g/mol. The molecule has 0 spiro atoms. The van der Waals surface area contributed by atoms with Gasteiger partial charge in [0.1, 0.15) is 5.60 Å². The van der Waals surface area contributed by atoms with Crippen molar-refractivity contribution in [3.63, 3.8) is 0 Å². The second kappa shape index (κ2) is 5.08. The average molecular weight is 328 g/mol. The van der Waals surface area contributed by atoms with Crippen molar-refractivity contribution in [2.45, 2.75) is 44.9 Å². The van der Waals surface area contributed by atoms with E-state index in [0.717, 1.165) is 25.0 Å². The van der Waals surface area contributed by atoms with Crippen LogP contribution in [0.2, 0.25) is 0 Å². The number of anilines is 1. The molecule has 1 saturated heterocycles. The van der Waals surface area contributed by atoms with Gasteiger partial charge < -0.3 is 19.8 Å². The van der Waals surface area contributed by atoms with Gasteiger partial charge in [0.2, 0.25) is 0 Å². The maximum atomic E-state index is 12.9. The molecule has 0 saturated carbocycles. The number of aromatic nitrogens is 1. The number of nitrogens with zero attached hydrogens (tertiary/aromatic N) is 1. The first-order valence-electron chi connectivity index (χ1n) is 8.19. The maximum absolute atomic E-state index is 12.9. The minimum absolute atomic E-state index is 0.0553. The van der Waals surface area contributed by atoms with E-state index in [9.17, 15) is 9.59 Å². The van der Waals surface area contributed by atoms with Crippen LogP contribution in [0.1, 0.15) is 42.6 Å². The molecule has 0 radical (unpaired) electrons. The van der Waals surface area contributed by atoms with Gasteiger partial charge in [-0.1, -0.05) is 0 Å². The Hall–Kier alpha value is -2.34. The number of esters is 1. The molecule has 0 aliphatic carbocycles. The van der Waals surface area contributed by atoms with Crippen molar-refractivity contribution >= 4 is 22.4 Å². The Morgan fingerprint density at radius 1 is 1.38 bits per heavy atom. The molecule has 24 heavy (non-hydrogen) atoms. The Balaban J connectivity index is 1.91. The summed E-state index contributed by atoms with van der Waals surface area (Å²) in [6, 6.07) is 3.48. The quantitative estimate of drug-likeness (QED) is 0.675. The minimum atomic E-state index is -0.735. The zero-order valence-electron chi connectivity index (χ0n) is 13.8. The molecule has 2 aromatic rings. The van der Waals surface area contributed by atoms with Gasteiger partial charge in [-0.25, -0.2) is 4.79 Å². The normalized spacial score (nSPS) is 21.9. The Morgan fingerprint density at radius 3 is 2.88 bits per heavy atom. The summed E-state index contributed by atoms with van der Waals surface area (Å²) in [5.74, 6) is -0.406. The Labute approximate surface area is 139 Å². The van der Waals surface area contributed by atoms with Crippen LogP contribution in [-0.2, 0) is 21.6 Å². The Bertz CT molecular complexity index is 907. The number of fused-ring (bicyclic) bond motifs is 3. The number of benzene rings is 1. The molecule has 2 aliphatic heterocycles. The molecular formula is C18H20N2O4. The topological polar surface area (TPSA) is 83.5 Å². The van der Waals surface area contributed by atoms with Crippen LogP contribution in [-0.4, -0.2) is 23.2 Å². The van der Waals surface area contributed by atoms with E-state index in [-0.39, 0.29) is 11.7 Å². The van der Waals surface area contributed by atoms with Crippen molar-refractivity contribution < 1.29 is 14.3 Å². The van der Waals surface area contributed by atoms with Crippen LogP contribution in [0.4, 0.5) is 5.69 Å². The van der Waals surface area contributed by atoms with Crippen molar-refractivity contribution in [3.05, 3.63) is 39.8 Å². The number of hydrogen-bond acceptors (Lipinski definition) is 5. The molecule has 6 nitrogen and oxygen atoms in total. The van der Waals surface area contributed by atoms with Crippen molar-refractivity contribution in [3.8, 4) is 0 Å². The standard InChI is InChI=1S/C18H20N2O4/c1-18(2)12-8-13(19)15-11(14(12)17(22)24-18)5-6-20(16(15)21)9-10-4-3-7-23-10/h5-6,8,10H,3-4,7,9,19H2,1-2H3. The third kappa shape index (κ3) is 2.13. The number of ether oxygens (including phenoxy) is 2. The van der Waals surface area contributed by atoms with E-state index < -0.39 is 11.6 Å². The van der Waals surface area contributed by atoms with Crippen molar-refractivity contribution in [2.75, 3.05) is 12.3 Å². The molecule has 2 aliphatic rings. The fourth-order valence-electron chi connectivity index (χ4n) is 3.69. The summed E-state index contributed by atoms with van der Waals surface area (Å²) in [5, 5.41) is 0.943. The van der Waals surface area contributed by atoms with E-state index in [4.69, 9.17) is 15.2 Å². The monoisotopic (exact) mass is 328 g/mol. The number of pyridine rings is 1. The number of nitrogen functional groups attached to an aromatic ring is 1. The molecule has 1 unspecified atom stereocenters. The summed E-state index contributed by atoms with van der Waals surface area (Å²) >= 11 is 0. The highest BCUT2D eigenvalue weighted by Crippen LogP contribution is 2.40. The van der Waals surface area contributed by atoms with Gasteiger partial charge in [0, 0.05) is 29.4 Å². The molecule has 1 aromatic carbocycles. The fraction of sp³-hybridized carbons (Fsp3) is 0.444. The average Bonchev–Trinajstić information content (AvgIpc) is 3.08. The van der Waals surface area contributed by atoms with Gasteiger partial charge in [-0.2, -0.15) is 0 Å². The second-order valence-corrected chi connectivity index (χ2v) is 6.99. The zero-order valence-corrected chi connectivity index (χ0v) is 13.8. The van der Waals surface area contributed by atoms with Gasteiger partial charge in [-0.15, -0.1) is 0 Å². The third-order valence-corrected chi connectivity index (χ3v) is 4.92.